The van der Waals surface area contributed by atoms with E-state index in [4.69, 9.17) is 0 Å². The van der Waals surface area contributed by atoms with E-state index in [9.17, 15) is 0 Å². The molecule has 1 N–H and O–H groups in total. The molecule has 0 spiro atoms. The Balaban J connectivity index is 2.68. The zero-order chi connectivity index (χ0) is 13.2. The Bertz CT molecular complexity index is 359. The average Bonchev–Trinajstić information content (AvgIpc) is 2.39. The van der Waals surface area contributed by atoms with Gasteiger partial charge in [-0.2, -0.15) is 22.0 Å². The molecule has 0 fully saturated rings. The predicted molar refractivity (Wildman–Crippen MR) is 81.8 cm³/mol. The zero-order valence-corrected chi connectivity index (χ0v) is 12.1. The van der Waals surface area contributed by atoms with Crippen LogP contribution in [0.3, 0.4) is 0 Å². The number of thioether (sulfide) groups is 1. The molecular weight excluding hydrogens is 246 g/mol. The molecule has 0 aliphatic carbocycles. The second-order valence-electron chi connectivity index (χ2n) is 3.79. The van der Waals surface area contributed by atoms with Gasteiger partial charge in [0.15, 0.2) is 0 Å². The standard InChI is InChI=1S/C12H21N5S/c1-4-15-17(2)16-10-14-12(9-18-3)11-5-7-13-8-6-11/h4-5,10,13H,6-9H2,1-3H3/b14-12+,15-4+,16-10-. The van der Waals surface area contributed by atoms with Gasteiger partial charge in [-0.3, -0.25) is 0 Å². The summed E-state index contributed by atoms with van der Waals surface area (Å²) in [7, 11) is 1.78. The van der Waals surface area contributed by atoms with Crippen LogP contribution in [0.1, 0.15) is 13.3 Å². The summed E-state index contributed by atoms with van der Waals surface area (Å²) >= 11 is 1.78. The third-order valence-electron chi connectivity index (χ3n) is 2.43. The van der Waals surface area contributed by atoms with Crippen LogP contribution in [0.25, 0.3) is 0 Å². The van der Waals surface area contributed by atoms with Crippen LogP contribution in [0, 0.1) is 0 Å². The molecule has 1 heterocycles. The minimum atomic E-state index is 0.915. The number of nitrogens with zero attached hydrogens (tertiary/aromatic N) is 4. The van der Waals surface area contributed by atoms with E-state index >= 15 is 0 Å². The maximum Gasteiger partial charge on any atom is 0.137 e. The normalized spacial score (nSPS) is 17.5. The lowest BCUT2D eigenvalue weighted by Crippen LogP contribution is -2.24. The van der Waals surface area contributed by atoms with Gasteiger partial charge in [-0.1, -0.05) is 6.08 Å². The van der Waals surface area contributed by atoms with Crippen LogP contribution in [-0.2, 0) is 0 Å². The molecule has 100 valence electrons. The molecule has 0 aromatic rings. The van der Waals surface area contributed by atoms with Crippen molar-refractivity contribution in [3.63, 3.8) is 0 Å². The van der Waals surface area contributed by atoms with E-state index in [1.165, 1.54) is 10.7 Å². The molecule has 0 radical (unpaired) electrons. The fourth-order valence-electron chi connectivity index (χ4n) is 1.60. The molecule has 0 unspecified atom stereocenters. The molecule has 1 aliphatic rings. The Morgan fingerprint density at radius 1 is 1.56 bits per heavy atom. The predicted octanol–water partition coefficient (Wildman–Crippen LogP) is 1.59. The number of rotatable bonds is 6. The summed E-state index contributed by atoms with van der Waals surface area (Å²) in [6.45, 7) is 3.81. The zero-order valence-electron chi connectivity index (χ0n) is 11.3. The molecular formula is C12H21N5S. The summed E-state index contributed by atoms with van der Waals surface area (Å²) in [6.07, 6.45) is 8.60. The van der Waals surface area contributed by atoms with E-state index < -0.39 is 0 Å². The van der Waals surface area contributed by atoms with Crippen molar-refractivity contribution >= 4 is 30.0 Å². The summed E-state index contributed by atoms with van der Waals surface area (Å²) in [6, 6.07) is 0. The minimum absolute atomic E-state index is 0.915. The van der Waals surface area contributed by atoms with Gasteiger partial charge >= 0.3 is 0 Å². The van der Waals surface area contributed by atoms with Crippen LogP contribution in [0.15, 0.2) is 26.8 Å². The van der Waals surface area contributed by atoms with Gasteiger partial charge in [-0.15, -0.1) is 5.10 Å². The minimum Gasteiger partial charge on any atom is -0.313 e. The highest BCUT2D eigenvalue weighted by molar-refractivity contribution is 7.99. The highest BCUT2D eigenvalue weighted by atomic mass is 32.2. The maximum atomic E-state index is 4.45. The lowest BCUT2D eigenvalue weighted by molar-refractivity contribution is 0.381. The first-order valence-corrected chi connectivity index (χ1v) is 7.37. The van der Waals surface area contributed by atoms with Crippen molar-refractivity contribution in [2.75, 3.05) is 32.1 Å². The second kappa shape index (κ2) is 8.88. The largest absolute Gasteiger partial charge is 0.313 e. The van der Waals surface area contributed by atoms with Crippen molar-refractivity contribution in [2.45, 2.75) is 13.3 Å². The van der Waals surface area contributed by atoms with E-state index in [1.54, 1.807) is 31.4 Å². The molecule has 1 rings (SSSR count). The summed E-state index contributed by atoms with van der Waals surface area (Å²) < 4.78 is 0. The van der Waals surface area contributed by atoms with Crippen molar-refractivity contribution in [3.8, 4) is 0 Å². The van der Waals surface area contributed by atoms with Crippen LogP contribution in [0.2, 0.25) is 0 Å². The Hall–Kier alpha value is -1.14. The Morgan fingerprint density at radius 3 is 3.00 bits per heavy atom. The summed E-state index contributed by atoms with van der Waals surface area (Å²) in [5.74, 6) is 0.915. The highest BCUT2D eigenvalue weighted by Crippen LogP contribution is 2.10. The highest BCUT2D eigenvalue weighted by Gasteiger charge is 2.08. The Morgan fingerprint density at radius 2 is 2.39 bits per heavy atom. The van der Waals surface area contributed by atoms with E-state index in [0.29, 0.717) is 0 Å². The van der Waals surface area contributed by atoms with Gasteiger partial charge < -0.3 is 5.32 Å². The Kier molecular flexibility index (Phi) is 7.36. The fourth-order valence-corrected chi connectivity index (χ4v) is 2.13. The van der Waals surface area contributed by atoms with E-state index in [1.807, 2.05) is 6.92 Å². The first-order chi connectivity index (χ1) is 8.77. The van der Waals surface area contributed by atoms with Gasteiger partial charge in [0.1, 0.15) is 6.34 Å². The van der Waals surface area contributed by atoms with Crippen LogP contribution in [0.4, 0.5) is 0 Å². The van der Waals surface area contributed by atoms with E-state index in [0.717, 1.165) is 31.0 Å². The lowest BCUT2D eigenvalue weighted by Gasteiger charge is -2.15. The maximum absolute atomic E-state index is 4.45. The van der Waals surface area contributed by atoms with Gasteiger partial charge in [0.25, 0.3) is 0 Å². The molecule has 0 saturated carbocycles. The van der Waals surface area contributed by atoms with Gasteiger partial charge in [0, 0.05) is 25.6 Å². The van der Waals surface area contributed by atoms with Crippen molar-refractivity contribution in [1.82, 2.24) is 10.4 Å². The molecule has 0 amide bonds. The number of hydrogen-bond donors (Lipinski definition) is 1. The van der Waals surface area contributed by atoms with Gasteiger partial charge in [0.2, 0.25) is 0 Å². The summed E-state index contributed by atoms with van der Waals surface area (Å²) in [5, 5.41) is 12.9. The molecule has 5 nitrogen and oxygen atoms in total. The average molecular weight is 267 g/mol. The number of hydrogen-bond acceptors (Lipinski definition) is 5. The number of aliphatic imine (C=N–C) groups is 1. The van der Waals surface area contributed by atoms with Crippen LogP contribution in [-0.4, -0.2) is 55.5 Å². The van der Waals surface area contributed by atoms with Gasteiger partial charge in [0.05, 0.1) is 5.71 Å². The molecule has 0 atom stereocenters. The number of hydrazone groups is 2. The Labute approximate surface area is 113 Å². The molecule has 0 saturated heterocycles. The SMILES string of the molecule is C/C=N/N(C)/N=C\N=C(/CSC)C1=CCNCC1. The monoisotopic (exact) mass is 267 g/mol. The molecule has 1 aliphatic heterocycles. The second-order valence-corrected chi connectivity index (χ2v) is 4.65. The van der Waals surface area contributed by atoms with Crippen LogP contribution < -0.4 is 5.32 Å². The van der Waals surface area contributed by atoms with Gasteiger partial charge in [-0.25, -0.2) is 4.99 Å². The fraction of sp³-hybridized carbons (Fsp3) is 0.583. The van der Waals surface area contributed by atoms with Crippen molar-refractivity contribution < 1.29 is 0 Å². The topological polar surface area (TPSA) is 52.4 Å². The molecule has 0 aromatic carbocycles. The quantitative estimate of drug-likeness (QED) is 0.452. The smallest absolute Gasteiger partial charge is 0.137 e. The van der Waals surface area contributed by atoms with Crippen LogP contribution in [0.5, 0.6) is 0 Å². The molecule has 6 heteroatoms. The molecule has 0 bridgehead atoms. The first-order valence-electron chi connectivity index (χ1n) is 5.98. The van der Waals surface area contributed by atoms with E-state index in [-0.39, 0.29) is 0 Å². The van der Waals surface area contributed by atoms with Crippen molar-refractivity contribution in [3.05, 3.63) is 11.6 Å². The first kappa shape index (κ1) is 14.9. The van der Waals surface area contributed by atoms with Crippen LogP contribution >= 0.6 is 11.8 Å². The summed E-state index contributed by atoms with van der Waals surface area (Å²) in [5.41, 5.74) is 2.44. The third-order valence-corrected chi connectivity index (χ3v) is 2.99. The third kappa shape index (κ3) is 5.46. The van der Waals surface area contributed by atoms with Crippen molar-refractivity contribution in [1.29, 1.82) is 0 Å². The number of nitrogens with one attached hydrogen (secondary N) is 1. The summed E-state index contributed by atoms with van der Waals surface area (Å²) in [4.78, 5) is 4.45. The lowest BCUT2D eigenvalue weighted by atomic mass is 10.1. The van der Waals surface area contributed by atoms with Gasteiger partial charge in [-0.05, 0) is 31.7 Å². The molecule has 18 heavy (non-hydrogen) atoms. The molecule has 0 aromatic heterocycles. The van der Waals surface area contributed by atoms with Crippen molar-refractivity contribution in [2.24, 2.45) is 15.2 Å². The van der Waals surface area contributed by atoms with E-state index in [2.05, 4.69) is 32.8 Å².